The Kier molecular flexibility index (Phi) is 4.14. The van der Waals surface area contributed by atoms with Gasteiger partial charge in [0.15, 0.2) is 0 Å². The van der Waals surface area contributed by atoms with E-state index in [4.69, 9.17) is 0 Å². The van der Waals surface area contributed by atoms with Crippen molar-refractivity contribution in [2.45, 2.75) is 13.8 Å². The van der Waals surface area contributed by atoms with Gasteiger partial charge in [-0.15, -0.1) is 0 Å². The summed E-state index contributed by atoms with van der Waals surface area (Å²) in [7, 11) is 0. The van der Waals surface area contributed by atoms with Crippen LogP contribution in [0.2, 0.25) is 0 Å². The molecule has 2 aromatic carbocycles. The summed E-state index contributed by atoms with van der Waals surface area (Å²) in [6, 6.07) is 17.4. The molecule has 7 heteroatoms. The fourth-order valence-corrected chi connectivity index (χ4v) is 3.65. The van der Waals surface area contributed by atoms with Crippen molar-refractivity contribution >= 4 is 32.4 Å². The van der Waals surface area contributed by atoms with Crippen LogP contribution < -0.4 is 11.0 Å². The Morgan fingerprint density at radius 3 is 2.65 bits per heavy atom. The summed E-state index contributed by atoms with van der Waals surface area (Å²) < 4.78 is 2.62. The number of benzene rings is 2. The smallest absolute Gasteiger partial charge is 0.280 e. The van der Waals surface area contributed by atoms with Crippen molar-refractivity contribution in [3.63, 3.8) is 0 Å². The van der Waals surface area contributed by atoms with Gasteiger partial charge in [0, 0.05) is 5.69 Å². The highest BCUT2D eigenvalue weighted by atomic mass is 32.1. The van der Waals surface area contributed by atoms with Crippen LogP contribution in [0.15, 0.2) is 64.5 Å². The average molecular weight is 363 g/mol. The second-order valence-corrected chi connectivity index (χ2v) is 6.91. The number of anilines is 1. The van der Waals surface area contributed by atoms with Gasteiger partial charge in [0.1, 0.15) is 0 Å². The van der Waals surface area contributed by atoms with E-state index in [0.717, 1.165) is 21.6 Å². The lowest BCUT2D eigenvalue weighted by Gasteiger charge is -1.99. The molecule has 0 bridgehead atoms. The summed E-state index contributed by atoms with van der Waals surface area (Å²) >= 11 is 1.52. The summed E-state index contributed by atoms with van der Waals surface area (Å²) in [5.41, 5.74) is 6.50. The number of hydrazone groups is 1. The predicted molar refractivity (Wildman–Crippen MR) is 107 cm³/mol. The van der Waals surface area contributed by atoms with Crippen LogP contribution in [0.5, 0.6) is 0 Å². The first-order valence-electron chi connectivity index (χ1n) is 8.17. The molecular formula is C19H17N5OS. The Morgan fingerprint density at radius 2 is 1.88 bits per heavy atom. The van der Waals surface area contributed by atoms with Gasteiger partial charge in [-0.3, -0.25) is 15.3 Å². The quantitative estimate of drug-likeness (QED) is 0.426. The van der Waals surface area contributed by atoms with Gasteiger partial charge >= 0.3 is 0 Å². The number of thiazole rings is 1. The van der Waals surface area contributed by atoms with E-state index < -0.39 is 0 Å². The van der Waals surface area contributed by atoms with E-state index in [9.17, 15) is 4.79 Å². The van der Waals surface area contributed by atoms with Gasteiger partial charge < -0.3 is 0 Å². The SMILES string of the molecule is C/C(=N\Nc1nc2ccccc2s1)c1c(C)[nH]n(-c2ccccc2)c1=O. The zero-order chi connectivity index (χ0) is 18.1. The number of H-pyrrole nitrogens is 1. The van der Waals surface area contributed by atoms with Crippen LogP contribution in [0.1, 0.15) is 18.2 Å². The molecule has 0 radical (unpaired) electrons. The molecule has 0 unspecified atom stereocenters. The number of para-hydroxylation sites is 2. The minimum atomic E-state index is -0.124. The molecule has 26 heavy (non-hydrogen) atoms. The topological polar surface area (TPSA) is 75.1 Å². The number of fused-ring (bicyclic) bond motifs is 1. The molecule has 0 saturated carbocycles. The lowest BCUT2D eigenvalue weighted by molar-refractivity contribution is 0.835. The lowest BCUT2D eigenvalue weighted by Crippen LogP contribution is -2.20. The third kappa shape index (κ3) is 2.93. The molecule has 2 N–H and O–H groups in total. The molecule has 0 atom stereocenters. The molecule has 4 rings (SSSR count). The van der Waals surface area contributed by atoms with E-state index in [1.807, 2.05) is 68.4 Å². The third-order valence-corrected chi connectivity index (χ3v) is 5.00. The largest absolute Gasteiger partial charge is 0.295 e. The highest BCUT2D eigenvalue weighted by molar-refractivity contribution is 7.22. The molecular weight excluding hydrogens is 346 g/mol. The van der Waals surface area contributed by atoms with E-state index in [1.54, 1.807) is 0 Å². The van der Waals surface area contributed by atoms with Crippen molar-refractivity contribution in [2.75, 3.05) is 5.43 Å². The van der Waals surface area contributed by atoms with Gasteiger partial charge in [-0.1, -0.05) is 41.7 Å². The summed E-state index contributed by atoms with van der Waals surface area (Å²) in [5, 5.41) is 8.18. The standard InChI is InChI=1S/C19H17N5OS/c1-12(21-22-19-20-15-10-6-7-11-16(15)26-19)17-13(2)23-24(18(17)25)14-8-4-3-5-9-14/h3-11,23H,1-2H3,(H,20,22)/b21-12+. The zero-order valence-electron chi connectivity index (χ0n) is 14.4. The summed E-state index contributed by atoms with van der Waals surface area (Å²) in [6.45, 7) is 3.68. The maximum atomic E-state index is 12.8. The number of hydrogen-bond donors (Lipinski definition) is 2. The number of nitrogens with zero attached hydrogens (tertiary/aromatic N) is 3. The number of aromatic amines is 1. The number of rotatable bonds is 4. The Balaban J connectivity index is 1.65. The minimum absolute atomic E-state index is 0.124. The van der Waals surface area contributed by atoms with Crippen LogP contribution in [0.25, 0.3) is 15.9 Å². The van der Waals surface area contributed by atoms with Gasteiger partial charge in [-0.25, -0.2) is 9.67 Å². The average Bonchev–Trinajstić information content (AvgIpc) is 3.20. The molecule has 130 valence electrons. The fraction of sp³-hybridized carbons (Fsp3) is 0.105. The first-order chi connectivity index (χ1) is 12.6. The number of aromatic nitrogens is 3. The van der Waals surface area contributed by atoms with Gasteiger partial charge in [0.05, 0.1) is 27.2 Å². The Bertz CT molecular complexity index is 1120. The number of hydrogen-bond acceptors (Lipinski definition) is 5. The van der Waals surface area contributed by atoms with E-state index in [2.05, 4.69) is 20.6 Å². The van der Waals surface area contributed by atoms with Crippen molar-refractivity contribution in [1.29, 1.82) is 0 Å². The highest BCUT2D eigenvalue weighted by Crippen LogP contribution is 2.25. The molecule has 2 heterocycles. The maximum absolute atomic E-state index is 12.8. The number of nitrogens with one attached hydrogen (secondary N) is 2. The zero-order valence-corrected chi connectivity index (χ0v) is 15.2. The van der Waals surface area contributed by atoms with E-state index in [-0.39, 0.29) is 5.56 Å². The number of aryl methyl sites for hydroxylation is 1. The van der Waals surface area contributed by atoms with Crippen LogP contribution in [0.3, 0.4) is 0 Å². The van der Waals surface area contributed by atoms with Crippen LogP contribution >= 0.6 is 11.3 Å². The molecule has 2 aromatic heterocycles. The minimum Gasteiger partial charge on any atom is -0.295 e. The highest BCUT2D eigenvalue weighted by Gasteiger charge is 2.15. The van der Waals surface area contributed by atoms with Crippen LogP contribution in [0, 0.1) is 6.92 Å². The van der Waals surface area contributed by atoms with Gasteiger partial charge in [0.25, 0.3) is 5.56 Å². The van der Waals surface area contributed by atoms with Gasteiger partial charge in [-0.05, 0) is 38.1 Å². The normalized spacial score (nSPS) is 11.8. The lowest BCUT2D eigenvalue weighted by atomic mass is 10.2. The fourth-order valence-electron chi connectivity index (χ4n) is 2.84. The maximum Gasteiger partial charge on any atom is 0.280 e. The van der Waals surface area contributed by atoms with Crippen molar-refractivity contribution in [1.82, 2.24) is 14.8 Å². The van der Waals surface area contributed by atoms with Crippen LogP contribution in [-0.4, -0.2) is 20.5 Å². The van der Waals surface area contributed by atoms with Crippen molar-refractivity contribution in [3.05, 3.63) is 76.2 Å². The predicted octanol–water partition coefficient (Wildman–Crippen LogP) is 3.92. The van der Waals surface area contributed by atoms with Crippen LogP contribution in [-0.2, 0) is 0 Å². The molecule has 0 saturated heterocycles. The van der Waals surface area contributed by atoms with Crippen molar-refractivity contribution < 1.29 is 0 Å². The van der Waals surface area contributed by atoms with Crippen molar-refractivity contribution in [3.8, 4) is 5.69 Å². The second-order valence-electron chi connectivity index (χ2n) is 5.88. The van der Waals surface area contributed by atoms with Crippen molar-refractivity contribution in [2.24, 2.45) is 5.10 Å². The Hall–Kier alpha value is -3.19. The van der Waals surface area contributed by atoms with Gasteiger partial charge in [0.2, 0.25) is 5.13 Å². The summed E-state index contributed by atoms with van der Waals surface area (Å²) in [6.07, 6.45) is 0. The molecule has 0 fully saturated rings. The van der Waals surface area contributed by atoms with E-state index in [1.165, 1.54) is 16.0 Å². The molecule has 4 aromatic rings. The van der Waals surface area contributed by atoms with E-state index in [0.29, 0.717) is 16.4 Å². The molecule has 0 aliphatic heterocycles. The van der Waals surface area contributed by atoms with Crippen LogP contribution in [0.4, 0.5) is 5.13 Å². The molecule has 0 amide bonds. The first-order valence-corrected chi connectivity index (χ1v) is 8.98. The summed E-state index contributed by atoms with van der Waals surface area (Å²) in [4.78, 5) is 17.3. The molecule has 0 aliphatic rings. The molecule has 0 spiro atoms. The third-order valence-electron chi connectivity index (χ3n) is 4.06. The molecule has 6 nitrogen and oxygen atoms in total. The first kappa shape index (κ1) is 16.3. The molecule has 0 aliphatic carbocycles. The second kappa shape index (κ2) is 6.61. The van der Waals surface area contributed by atoms with E-state index >= 15 is 0 Å². The monoisotopic (exact) mass is 363 g/mol. The Labute approximate surface area is 153 Å². The van der Waals surface area contributed by atoms with Gasteiger partial charge in [-0.2, -0.15) is 5.10 Å². The Morgan fingerprint density at radius 1 is 1.15 bits per heavy atom. The summed E-state index contributed by atoms with van der Waals surface area (Å²) in [5.74, 6) is 0.